The van der Waals surface area contributed by atoms with Crippen LogP contribution in [0.3, 0.4) is 0 Å². The second-order valence-corrected chi connectivity index (χ2v) is 2.76. The Hall–Kier alpha value is -1.90. The summed E-state index contributed by atoms with van der Waals surface area (Å²) in [6.07, 6.45) is 0. The largest absolute Gasteiger partial charge is 0.265 e. The van der Waals surface area contributed by atoms with Crippen LogP contribution < -0.4 is 10.6 Å². The summed E-state index contributed by atoms with van der Waals surface area (Å²) in [7, 11) is 0. The van der Waals surface area contributed by atoms with Gasteiger partial charge >= 0.3 is 0 Å². The van der Waals surface area contributed by atoms with Gasteiger partial charge in [-0.2, -0.15) is 10.8 Å². The monoisotopic (exact) mass is 171 g/mol. The summed E-state index contributed by atoms with van der Waals surface area (Å²) < 4.78 is 0. The Balaban J connectivity index is 2.68. The summed E-state index contributed by atoms with van der Waals surface area (Å²) in [4.78, 5) is 0. The van der Waals surface area contributed by atoms with E-state index in [0.29, 0.717) is 0 Å². The van der Waals surface area contributed by atoms with Crippen molar-refractivity contribution >= 4 is 16.5 Å². The van der Waals surface area contributed by atoms with E-state index in [1.807, 2.05) is 47.7 Å². The van der Waals surface area contributed by atoms with Crippen molar-refractivity contribution in [3.05, 3.63) is 48.0 Å². The molecule has 0 spiro atoms. The molecule has 0 aliphatic rings. The van der Waals surface area contributed by atoms with E-state index in [9.17, 15) is 0 Å². The highest BCUT2D eigenvalue weighted by Crippen LogP contribution is 2.21. The van der Waals surface area contributed by atoms with E-state index in [1.165, 1.54) is 0 Å². The lowest BCUT2D eigenvalue weighted by Crippen LogP contribution is -2.68. The van der Waals surface area contributed by atoms with E-state index in [1.54, 1.807) is 0 Å². The number of benzene rings is 2. The summed E-state index contributed by atoms with van der Waals surface area (Å²) >= 11 is 0. The first-order chi connectivity index (χ1) is 6.42. The molecule has 0 fully saturated rings. The summed E-state index contributed by atoms with van der Waals surface area (Å²) in [5.74, 6) is 0. The van der Waals surface area contributed by atoms with Crippen molar-refractivity contribution in [3.8, 4) is 0 Å². The topological polar surface area (TPSA) is 48.3 Å². The van der Waals surface area contributed by atoms with Gasteiger partial charge in [-0.15, -0.1) is 0 Å². The van der Waals surface area contributed by atoms with Crippen LogP contribution in [0.2, 0.25) is 0 Å². The predicted molar refractivity (Wildman–Crippen MR) is 51.9 cm³/mol. The van der Waals surface area contributed by atoms with Crippen LogP contribution in [-0.2, 0) is 0 Å². The van der Waals surface area contributed by atoms with Crippen molar-refractivity contribution in [3.63, 3.8) is 0 Å². The molecular formula is C10H9N3. The molecule has 0 heterocycles. The zero-order chi connectivity index (χ0) is 9.10. The van der Waals surface area contributed by atoms with Crippen LogP contribution >= 0.6 is 0 Å². The Kier molecular flexibility index (Phi) is 1.92. The molecule has 0 saturated carbocycles. The maximum absolute atomic E-state index is 8.52. The fourth-order valence-corrected chi connectivity index (χ4v) is 1.39. The third kappa shape index (κ3) is 1.36. The highest BCUT2D eigenvalue weighted by Gasteiger charge is 1.95. The fraction of sp³-hybridized carbons (Fsp3) is 0. The molecule has 0 radical (unpaired) electrons. The molecular weight excluding hydrogens is 162 g/mol. The van der Waals surface area contributed by atoms with Gasteiger partial charge in [0.1, 0.15) is 0 Å². The lowest BCUT2D eigenvalue weighted by atomic mass is 10.1. The molecule has 0 saturated heterocycles. The van der Waals surface area contributed by atoms with Crippen LogP contribution in [0.5, 0.6) is 0 Å². The van der Waals surface area contributed by atoms with E-state index in [-0.39, 0.29) is 0 Å². The molecule has 2 aromatic carbocycles. The molecule has 3 heteroatoms. The van der Waals surface area contributed by atoms with Gasteiger partial charge in [0.2, 0.25) is 0 Å². The summed E-state index contributed by atoms with van der Waals surface area (Å²) in [6, 6.07) is 13.8. The third-order valence-electron chi connectivity index (χ3n) is 1.98. The number of fused-ring (bicyclic) bond motifs is 1. The number of rotatable bonds is 2. The summed E-state index contributed by atoms with van der Waals surface area (Å²) in [5, 5.41) is 4.14. The first-order valence-electron chi connectivity index (χ1n) is 4.04. The van der Waals surface area contributed by atoms with Crippen molar-refractivity contribution in [2.75, 3.05) is 5.43 Å². The van der Waals surface area contributed by atoms with E-state index in [2.05, 4.69) is 5.43 Å². The lowest BCUT2D eigenvalue weighted by molar-refractivity contribution is -0.443. The molecule has 0 aromatic heterocycles. The second kappa shape index (κ2) is 3.23. The Labute approximate surface area is 75.9 Å². The lowest BCUT2D eigenvalue weighted by Gasteiger charge is -2.05. The molecule has 3 nitrogen and oxygen atoms in total. The van der Waals surface area contributed by atoms with Crippen LogP contribution in [-0.4, -0.2) is 0 Å². The van der Waals surface area contributed by atoms with Crippen LogP contribution in [0, 0.1) is 0 Å². The maximum Gasteiger partial charge on any atom is 0.0182 e. The molecule has 2 N–H and O–H groups in total. The van der Waals surface area contributed by atoms with Gasteiger partial charge in [0.05, 0.1) is 0 Å². The van der Waals surface area contributed by atoms with Crippen LogP contribution in [0.15, 0.2) is 42.5 Å². The van der Waals surface area contributed by atoms with Crippen LogP contribution in [0.1, 0.15) is 0 Å². The fourth-order valence-electron chi connectivity index (χ4n) is 1.39. The minimum absolute atomic E-state index is 0.862. The molecule has 0 aliphatic carbocycles. The Morgan fingerprint density at radius 1 is 1.00 bits per heavy atom. The van der Waals surface area contributed by atoms with Gasteiger partial charge in [-0.3, -0.25) is 5.43 Å². The molecule has 0 amide bonds. The van der Waals surface area contributed by atoms with Crippen molar-refractivity contribution < 1.29 is 5.22 Å². The average molecular weight is 171 g/mol. The van der Waals surface area contributed by atoms with Gasteiger partial charge in [0, 0.05) is 5.69 Å². The van der Waals surface area contributed by atoms with E-state index < -0.39 is 0 Å². The predicted octanol–water partition coefficient (Wildman–Crippen LogP) is 1.27. The number of nitrogens with zero attached hydrogens (tertiary/aromatic N) is 1. The number of nitrogens with one attached hydrogen (secondary N) is 2. The normalized spacial score (nSPS) is 9.85. The van der Waals surface area contributed by atoms with E-state index >= 15 is 0 Å². The quantitative estimate of drug-likeness (QED) is 0.518. The third-order valence-corrected chi connectivity index (χ3v) is 1.98. The van der Waals surface area contributed by atoms with Gasteiger partial charge < -0.3 is 0 Å². The molecule has 0 aliphatic heterocycles. The van der Waals surface area contributed by atoms with E-state index in [0.717, 1.165) is 16.5 Å². The number of hydrazine groups is 1. The van der Waals surface area contributed by atoms with Gasteiger partial charge in [-0.05, 0) is 10.8 Å². The Morgan fingerprint density at radius 3 is 2.62 bits per heavy atom. The molecule has 2 rings (SSSR count). The molecule has 0 unspecified atom stereocenters. The molecule has 0 bridgehead atoms. The van der Waals surface area contributed by atoms with Crippen molar-refractivity contribution in [2.24, 2.45) is 0 Å². The maximum atomic E-state index is 8.52. The Morgan fingerprint density at radius 2 is 1.77 bits per heavy atom. The number of hydrogen-bond donors (Lipinski definition) is 2. The summed E-state index contributed by atoms with van der Waals surface area (Å²) in [6.45, 7) is 0. The zero-order valence-corrected chi connectivity index (χ0v) is 6.99. The summed E-state index contributed by atoms with van der Waals surface area (Å²) in [5.41, 5.74) is 12.0. The second-order valence-electron chi connectivity index (χ2n) is 2.76. The highest BCUT2D eigenvalue weighted by atomic mass is 15.4. The van der Waals surface area contributed by atoms with Gasteiger partial charge in [-0.1, -0.05) is 42.5 Å². The van der Waals surface area contributed by atoms with Crippen LogP contribution in [0.4, 0.5) is 5.69 Å². The first-order valence-corrected chi connectivity index (χ1v) is 4.04. The number of anilines is 1. The average Bonchev–Trinajstić information content (AvgIpc) is 2.19. The molecule has 2 aromatic rings. The molecule has 13 heavy (non-hydrogen) atoms. The van der Waals surface area contributed by atoms with Gasteiger partial charge in [0.15, 0.2) is 0 Å². The minimum Gasteiger partial charge on any atom is -0.265 e. The standard InChI is InChI=1S/C10H9N3/c11-13-12-10-7-3-5-8-4-1-2-6-9(8)10/h1-7,13H,(H-,11,12). The van der Waals surface area contributed by atoms with E-state index in [4.69, 9.17) is 5.53 Å². The number of hydrogen-bond acceptors (Lipinski definition) is 0. The van der Waals surface area contributed by atoms with Gasteiger partial charge in [-0.25, -0.2) is 0 Å². The zero-order valence-electron chi connectivity index (χ0n) is 6.99. The van der Waals surface area contributed by atoms with Crippen molar-refractivity contribution in [1.82, 2.24) is 0 Å². The van der Waals surface area contributed by atoms with Crippen LogP contribution in [0.25, 0.3) is 16.3 Å². The Bertz CT molecular complexity index is 432. The smallest absolute Gasteiger partial charge is 0.0182 e. The molecule has 64 valence electrons. The van der Waals surface area contributed by atoms with Crippen molar-refractivity contribution in [2.45, 2.75) is 0 Å². The molecule has 0 atom stereocenters. The minimum atomic E-state index is 0.862. The SMILES string of the molecule is [N-]=[NH+]Nc1cccc2ccccc12. The highest BCUT2D eigenvalue weighted by molar-refractivity contribution is 5.93. The van der Waals surface area contributed by atoms with Gasteiger partial charge in [0.25, 0.3) is 0 Å². The first kappa shape index (κ1) is 7.73. The van der Waals surface area contributed by atoms with Crippen molar-refractivity contribution in [1.29, 1.82) is 0 Å².